The van der Waals surface area contributed by atoms with Crippen molar-refractivity contribution in [2.75, 3.05) is 13.7 Å². The molecule has 1 N–H and O–H groups in total. The molecule has 0 aliphatic rings. The highest BCUT2D eigenvalue weighted by atomic mass is 32.1. The number of ether oxygens (including phenoxy) is 2. The van der Waals surface area contributed by atoms with Gasteiger partial charge in [-0.1, -0.05) is 11.3 Å². The highest BCUT2D eigenvalue weighted by Gasteiger charge is 2.33. The van der Waals surface area contributed by atoms with Crippen LogP contribution in [-0.2, 0) is 6.18 Å². The van der Waals surface area contributed by atoms with E-state index in [1.807, 2.05) is 0 Å². The second-order valence-corrected chi connectivity index (χ2v) is 5.79. The first-order valence-corrected chi connectivity index (χ1v) is 7.55. The Morgan fingerprint density at radius 3 is 2.42 bits per heavy atom. The highest BCUT2D eigenvalue weighted by molar-refractivity contribution is 7.13. The first-order chi connectivity index (χ1) is 12.0. The van der Waals surface area contributed by atoms with Crippen LogP contribution >= 0.6 is 11.3 Å². The number of methoxy groups -OCH3 is 1. The summed E-state index contributed by atoms with van der Waals surface area (Å²) in [6.07, 6.45) is -9.16. The zero-order valence-electron chi connectivity index (χ0n) is 12.9. The Morgan fingerprint density at radius 2 is 1.88 bits per heavy atom. The van der Waals surface area contributed by atoms with Crippen molar-refractivity contribution in [2.45, 2.75) is 12.4 Å². The third kappa shape index (κ3) is 5.51. The van der Waals surface area contributed by atoms with Crippen LogP contribution in [-0.4, -0.2) is 30.7 Å². The average molecular weight is 400 g/mol. The van der Waals surface area contributed by atoms with Crippen LogP contribution in [0.15, 0.2) is 24.3 Å². The zero-order valence-corrected chi connectivity index (χ0v) is 13.7. The Labute approximate surface area is 146 Å². The summed E-state index contributed by atoms with van der Waals surface area (Å²) in [4.78, 5) is 14.6. The van der Waals surface area contributed by atoms with Gasteiger partial charge in [0.05, 0.1) is 7.11 Å². The Kier molecular flexibility index (Phi) is 5.64. The van der Waals surface area contributed by atoms with Gasteiger partial charge in [-0.3, -0.25) is 4.79 Å². The molecule has 0 aliphatic heterocycles. The van der Waals surface area contributed by atoms with E-state index in [-0.39, 0.29) is 16.7 Å². The molecular weight excluding hydrogens is 390 g/mol. The summed E-state index contributed by atoms with van der Waals surface area (Å²) in [5, 5.41) is 1.45. The number of halogens is 6. The molecule has 0 spiro atoms. The molecule has 0 bridgehead atoms. The van der Waals surface area contributed by atoms with Gasteiger partial charge in [0.1, 0.15) is 22.9 Å². The highest BCUT2D eigenvalue weighted by Crippen LogP contribution is 2.39. The van der Waals surface area contributed by atoms with Crippen molar-refractivity contribution in [3.8, 4) is 16.7 Å². The minimum atomic E-state index is -4.61. The first kappa shape index (κ1) is 19.8. The lowest BCUT2D eigenvalue weighted by Crippen LogP contribution is -2.34. The summed E-state index contributed by atoms with van der Waals surface area (Å²) in [6.45, 7) is -1.57. The van der Waals surface area contributed by atoms with E-state index < -0.39 is 35.4 Å². The van der Waals surface area contributed by atoms with Crippen LogP contribution in [0.5, 0.6) is 16.7 Å². The van der Waals surface area contributed by atoms with E-state index in [0.29, 0.717) is 11.3 Å². The van der Waals surface area contributed by atoms with Crippen molar-refractivity contribution in [2.24, 2.45) is 0 Å². The molecule has 0 saturated heterocycles. The van der Waals surface area contributed by atoms with Gasteiger partial charge in [-0.25, -0.2) is 4.98 Å². The Bertz CT molecular complexity index is 788. The van der Waals surface area contributed by atoms with Gasteiger partial charge in [-0.15, -0.1) is 0 Å². The summed E-state index contributed by atoms with van der Waals surface area (Å²) in [7, 11) is 1.23. The molecule has 2 aromatic heterocycles. The van der Waals surface area contributed by atoms with E-state index in [4.69, 9.17) is 9.47 Å². The van der Waals surface area contributed by atoms with Crippen molar-refractivity contribution < 1.29 is 40.6 Å². The third-order valence-corrected chi connectivity index (χ3v) is 3.77. The molecule has 0 fully saturated rings. The average Bonchev–Trinajstić information content (AvgIpc) is 3.00. The topological polar surface area (TPSA) is 60.5 Å². The van der Waals surface area contributed by atoms with E-state index in [0.717, 1.165) is 18.2 Å². The lowest BCUT2D eigenvalue weighted by Gasteiger charge is -2.10. The lowest BCUT2D eigenvalue weighted by atomic mass is 10.3. The number of hydrogen-bond acceptors (Lipinski definition) is 5. The van der Waals surface area contributed by atoms with E-state index >= 15 is 0 Å². The van der Waals surface area contributed by atoms with E-state index in [1.165, 1.54) is 13.2 Å². The molecular formula is C14H10F6N2O3S. The van der Waals surface area contributed by atoms with E-state index in [2.05, 4.69) is 4.98 Å². The zero-order chi connectivity index (χ0) is 19.5. The van der Waals surface area contributed by atoms with Crippen molar-refractivity contribution in [1.82, 2.24) is 10.3 Å². The smallest absolute Gasteiger partial charge is 0.425 e. The van der Waals surface area contributed by atoms with Gasteiger partial charge in [0.2, 0.25) is 5.88 Å². The maximum absolute atomic E-state index is 12.6. The molecule has 0 aliphatic carbocycles. The van der Waals surface area contributed by atoms with Gasteiger partial charge >= 0.3 is 12.4 Å². The summed E-state index contributed by atoms with van der Waals surface area (Å²) in [6, 6.07) is 4.09. The number of carbonyl (C=O) groups is 1. The number of amides is 1. The van der Waals surface area contributed by atoms with Gasteiger partial charge in [0.25, 0.3) is 5.91 Å². The summed E-state index contributed by atoms with van der Waals surface area (Å²) < 4.78 is 84.3. The van der Waals surface area contributed by atoms with Gasteiger partial charge < -0.3 is 14.8 Å². The molecule has 0 saturated carbocycles. The monoisotopic (exact) mass is 400 g/mol. The fourth-order valence-corrected chi connectivity index (χ4v) is 2.40. The van der Waals surface area contributed by atoms with Crippen LogP contribution in [0.3, 0.4) is 0 Å². The number of thiophene rings is 1. The number of alkyl halides is 6. The molecule has 12 heteroatoms. The fraction of sp³-hybridized carbons (Fsp3) is 0.286. The molecule has 2 heterocycles. The van der Waals surface area contributed by atoms with Crippen LogP contribution in [0, 0.1) is 0 Å². The molecule has 2 rings (SSSR count). The van der Waals surface area contributed by atoms with Crippen LogP contribution in [0.25, 0.3) is 0 Å². The quantitative estimate of drug-likeness (QED) is 0.763. The predicted octanol–water partition coefficient (Wildman–Crippen LogP) is 4.25. The van der Waals surface area contributed by atoms with Crippen LogP contribution in [0.1, 0.15) is 15.4 Å². The van der Waals surface area contributed by atoms with Crippen molar-refractivity contribution in [3.05, 3.63) is 34.8 Å². The van der Waals surface area contributed by atoms with Crippen molar-refractivity contribution in [1.29, 1.82) is 0 Å². The second kappa shape index (κ2) is 7.40. The molecule has 5 nitrogen and oxygen atoms in total. The fourth-order valence-electron chi connectivity index (χ4n) is 1.67. The largest absolute Gasteiger partial charge is 0.496 e. The SMILES string of the molecule is COc1cc(Oc2ccc(C(F)(F)F)s2)nc(C(=O)NCC(F)(F)F)c1. The summed E-state index contributed by atoms with van der Waals surface area (Å²) >= 11 is 0.299. The van der Waals surface area contributed by atoms with Crippen LogP contribution < -0.4 is 14.8 Å². The van der Waals surface area contributed by atoms with E-state index in [1.54, 1.807) is 5.32 Å². The number of aromatic nitrogens is 1. The predicted molar refractivity (Wildman–Crippen MR) is 78.6 cm³/mol. The number of nitrogens with one attached hydrogen (secondary N) is 1. The van der Waals surface area contributed by atoms with Gasteiger partial charge in [0, 0.05) is 12.1 Å². The minimum Gasteiger partial charge on any atom is -0.496 e. The van der Waals surface area contributed by atoms with Crippen LogP contribution in [0.2, 0.25) is 0 Å². The number of nitrogens with zero attached hydrogens (tertiary/aromatic N) is 1. The normalized spacial score (nSPS) is 12.0. The standard InChI is InChI=1S/C14H10F6N2O3S/c1-24-7-4-8(12(23)21-6-13(15,16)17)22-10(5-7)25-11-3-2-9(26-11)14(18,19)20/h2-5H,6H2,1H3,(H,21,23). The van der Waals surface area contributed by atoms with Crippen molar-refractivity contribution in [3.63, 3.8) is 0 Å². The molecule has 0 atom stereocenters. The molecule has 1 amide bonds. The van der Waals surface area contributed by atoms with E-state index in [9.17, 15) is 31.1 Å². The molecule has 0 radical (unpaired) electrons. The Hall–Kier alpha value is -2.50. The number of carbonyl (C=O) groups excluding carboxylic acids is 1. The van der Waals surface area contributed by atoms with Gasteiger partial charge in [0.15, 0.2) is 5.06 Å². The first-order valence-electron chi connectivity index (χ1n) is 6.74. The maximum atomic E-state index is 12.6. The van der Waals surface area contributed by atoms with Crippen LogP contribution in [0.4, 0.5) is 26.3 Å². The number of rotatable bonds is 5. The van der Waals surface area contributed by atoms with Gasteiger partial charge in [-0.2, -0.15) is 26.3 Å². The second-order valence-electron chi connectivity index (χ2n) is 4.75. The molecule has 0 unspecified atom stereocenters. The summed E-state index contributed by atoms with van der Waals surface area (Å²) in [5.74, 6) is -1.43. The Morgan fingerprint density at radius 1 is 1.19 bits per heavy atom. The molecule has 26 heavy (non-hydrogen) atoms. The molecule has 2 aromatic rings. The van der Waals surface area contributed by atoms with Crippen molar-refractivity contribution >= 4 is 17.2 Å². The third-order valence-electron chi connectivity index (χ3n) is 2.76. The molecule has 0 aromatic carbocycles. The molecule has 142 valence electrons. The lowest BCUT2D eigenvalue weighted by molar-refractivity contribution is -0.134. The number of hydrogen-bond donors (Lipinski definition) is 1. The maximum Gasteiger partial charge on any atom is 0.425 e. The van der Waals surface area contributed by atoms with Gasteiger partial charge in [-0.05, 0) is 12.1 Å². The minimum absolute atomic E-state index is 0.0276. The number of pyridine rings is 1. The summed E-state index contributed by atoms with van der Waals surface area (Å²) in [5.41, 5.74) is -0.448. The Balaban J connectivity index is 2.21.